The zero-order chi connectivity index (χ0) is 31.6. The first kappa shape index (κ1) is 27.6. The highest BCUT2D eigenvalue weighted by Gasteiger charge is 2.43. The summed E-state index contributed by atoms with van der Waals surface area (Å²) in [6.45, 7) is 4.78. The SMILES string of the molecule is CC1(c2ccccc2)c2ccccc2-c2ccc(N(c3ccccc3)c3cccc4c3-c3ccccc3C4(C)c3ccccc3)cc21. The van der Waals surface area contributed by atoms with E-state index in [9.17, 15) is 0 Å². The summed E-state index contributed by atoms with van der Waals surface area (Å²) in [6.07, 6.45) is 0. The fourth-order valence-electron chi connectivity index (χ4n) is 8.50. The van der Waals surface area contributed by atoms with Crippen LogP contribution in [0.3, 0.4) is 0 Å². The zero-order valence-electron chi connectivity index (χ0n) is 26.7. The highest BCUT2D eigenvalue weighted by Crippen LogP contribution is 2.58. The van der Waals surface area contributed by atoms with Crippen molar-refractivity contribution in [1.29, 1.82) is 0 Å². The average molecular weight is 602 g/mol. The van der Waals surface area contributed by atoms with Crippen LogP contribution in [0.1, 0.15) is 47.2 Å². The number of benzene rings is 7. The zero-order valence-corrected chi connectivity index (χ0v) is 26.7. The Balaban J connectivity index is 1.31. The third-order valence-corrected chi connectivity index (χ3v) is 10.8. The van der Waals surface area contributed by atoms with E-state index in [1.807, 2.05) is 0 Å². The normalized spacial score (nSPS) is 18.6. The minimum absolute atomic E-state index is 0.267. The van der Waals surface area contributed by atoms with Crippen molar-refractivity contribution >= 4 is 17.1 Å². The van der Waals surface area contributed by atoms with Crippen molar-refractivity contribution in [3.63, 3.8) is 0 Å². The number of hydrogen-bond donors (Lipinski definition) is 0. The molecule has 2 atom stereocenters. The van der Waals surface area contributed by atoms with Crippen LogP contribution in [-0.2, 0) is 10.8 Å². The maximum absolute atomic E-state index is 2.47. The third-order valence-electron chi connectivity index (χ3n) is 10.8. The Morgan fingerprint density at radius 3 is 1.51 bits per heavy atom. The van der Waals surface area contributed by atoms with Gasteiger partial charge in [-0.3, -0.25) is 0 Å². The summed E-state index contributed by atoms with van der Waals surface area (Å²) in [5, 5.41) is 0. The van der Waals surface area contributed by atoms with Gasteiger partial charge in [-0.15, -0.1) is 0 Å². The van der Waals surface area contributed by atoms with Crippen molar-refractivity contribution in [3.8, 4) is 22.3 Å². The number of nitrogens with zero attached hydrogens (tertiary/aromatic N) is 1. The van der Waals surface area contributed by atoms with Crippen molar-refractivity contribution in [3.05, 3.63) is 209 Å². The lowest BCUT2D eigenvalue weighted by Gasteiger charge is -2.32. The second-order valence-electron chi connectivity index (χ2n) is 13.2. The molecule has 2 unspecified atom stereocenters. The molecule has 2 aliphatic carbocycles. The molecule has 0 amide bonds. The Kier molecular flexibility index (Phi) is 6.14. The Bertz CT molecular complexity index is 2270. The van der Waals surface area contributed by atoms with Crippen molar-refractivity contribution < 1.29 is 0 Å². The molecule has 0 bridgehead atoms. The first-order chi connectivity index (χ1) is 23.1. The first-order valence-corrected chi connectivity index (χ1v) is 16.5. The van der Waals surface area contributed by atoms with Crippen LogP contribution >= 0.6 is 0 Å². The number of rotatable bonds is 5. The van der Waals surface area contributed by atoms with E-state index in [1.54, 1.807) is 0 Å². The van der Waals surface area contributed by atoms with Gasteiger partial charge in [0.15, 0.2) is 0 Å². The van der Waals surface area contributed by atoms with Crippen LogP contribution in [0.2, 0.25) is 0 Å². The van der Waals surface area contributed by atoms with Crippen molar-refractivity contribution in [2.45, 2.75) is 24.7 Å². The molecule has 0 heterocycles. The number of anilines is 3. The van der Waals surface area contributed by atoms with Gasteiger partial charge in [0.25, 0.3) is 0 Å². The molecule has 0 aliphatic heterocycles. The summed E-state index contributed by atoms with van der Waals surface area (Å²) in [5.41, 5.74) is 16.2. The smallest absolute Gasteiger partial charge is 0.0543 e. The molecule has 2 aliphatic rings. The molecule has 0 radical (unpaired) electrons. The lowest BCUT2D eigenvalue weighted by molar-refractivity contribution is 0.713. The average Bonchev–Trinajstić information content (AvgIpc) is 3.57. The minimum atomic E-state index is -0.275. The molecule has 1 heteroatoms. The van der Waals surface area contributed by atoms with Gasteiger partial charge in [-0.05, 0) is 94.3 Å². The molecule has 0 fully saturated rings. The van der Waals surface area contributed by atoms with E-state index < -0.39 is 0 Å². The van der Waals surface area contributed by atoms with Gasteiger partial charge < -0.3 is 4.90 Å². The highest BCUT2D eigenvalue weighted by atomic mass is 15.1. The minimum Gasteiger partial charge on any atom is -0.310 e. The van der Waals surface area contributed by atoms with Crippen LogP contribution in [0.5, 0.6) is 0 Å². The van der Waals surface area contributed by atoms with Crippen molar-refractivity contribution in [2.75, 3.05) is 4.90 Å². The first-order valence-electron chi connectivity index (χ1n) is 16.5. The summed E-state index contributed by atoms with van der Waals surface area (Å²) in [6, 6.07) is 64.7. The Morgan fingerprint density at radius 1 is 0.362 bits per heavy atom. The van der Waals surface area contributed by atoms with Crippen LogP contribution in [0.25, 0.3) is 22.3 Å². The molecule has 7 aromatic carbocycles. The fraction of sp³-hybridized carbons (Fsp3) is 0.0870. The van der Waals surface area contributed by atoms with Gasteiger partial charge in [-0.1, -0.05) is 146 Å². The molecule has 9 rings (SSSR count). The highest BCUT2D eigenvalue weighted by molar-refractivity contribution is 5.97. The van der Waals surface area contributed by atoms with Gasteiger partial charge in [-0.2, -0.15) is 0 Å². The predicted octanol–water partition coefficient (Wildman–Crippen LogP) is 11.8. The second-order valence-corrected chi connectivity index (χ2v) is 13.2. The Hall–Kier alpha value is -5.66. The number of hydrogen-bond acceptors (Lipinski definition) is 1. The van der Waals surface area contributed by atoms with Crippen LogP contribution in [0.4, 0.5) is 17.1 Å². The summed E-state index contributed by atoms with van der Waals surface area (Å²) >= 11 is 0. The Morgan fingerprint density at radius 2 is 0.851 bits per heavy atom. The lowest BCUT2D eigenvalue weighted by atomic mass is 9.74. The topological polar surface area (TPSA) is 3.24 Å². The molecule has 0 spiro atoms. The summed E-state index contributed by atoms with van der Waals surface area (Å²) < 4.78 is 0. The van der Waals surface area contributed by atoms with Crippen molar-refractivity contribution in [2.24, 2.45) is 0 Å². The molecule has 224 valence electrons. The van der Waals surface area contributed by atoms with E-state index in [0.717, 1.165) is 11.4 Å². The lowest BCUT2D eigenvalue weighted by Crippen LogP contribution is -2.23. The van der Waals surface area contributed by atoms with Crippen molar-refractivity contribution in [1.82, 2.24) is 0 Å². The van der Waals surface area contributed by atoms with Gasteiger partial charge in [0, 0.05) is 27.8 Å². The van der Waals surface area contributed by atoms with Gasteiger partial charge >= 0.3 is 0 Å². The van der Waals surface area contributed by atoms with Crippen LogP contribution in [-0.4, -0.2) is 0 Å². The maximum atomic E-state index is 2.47. The van der Waals surface area contributed by atoms with Crippen LogP contribution in [0.15, 0.2) is 176 Å². The molecular weight excluding hydrogens is 567 g/mol. The molecule has 47 heavy (non-hydrogen) atoms. The molecule has 1 nitrogen and oxygen atoms in total. The standard InChI is InChI=1S/C46H35N/c1-45(32-17-6-3-7-18-32)40-26-15-13-24-38(40)44-41(45)27-16-28-43(44)47(34-21-10-5-11-22-34)35-29-30-37-36-23-12-14-25-39(36)46(2,42(37)31-35)33-19-8-4-9-20-33/h3-31H,1-2H3. The molecule has 0 saturated heterocycles. The predicted molar refractivity (Wildman–Crippen MR) is 196 cm³/mol. The second kappa shape index (κ2) is 10.4. The van der Waals surface area contributed by atoms with E-state index in [1.165, 1.54) is 61.3 Å². The van der Waals surface area contributed by atoms with Crippen LogP contribution in [0, 0.1) is 0 Å². The Labute approximate surface area is 277 Å². The maximum Gasteiger partial charge on any atom is 0.0543 e. The van der Waals surface area contributed by atoms with E-state index in [2.05, 4.69) is 195 Å². The monoisotopic (exact) mass is 601 g/mol. The molecule has 7 aromatic rings. The van der Waals surface area contributed by atoms with E-state index in [4.69, 9.17) is 0 Å². The van der Waals surface area contributed by atoms with E-state index in [0.29, 0.717) is 0 Å². The van der Waals surface area contributed by atoms with Gasteiger partial charge in [-0.25, -0.2) is 0 Å². The third kappa shape index (κ3) is 3.90. The van der Waals surface area contributed by atoms with Gasteiger partial charge in [0.2, 0.25) is 0 Å². The van der Waals surface area contributed by atoms with E-state index >= 15 is 0 Å². The molecule has 0 saturated carbocycles. The molecule has 0 N–H and O–H groups in total. The summed E-state index contributed by atoms with van der Waals surface area (Å²) in [4.78, 5) is 2.47. The fourth-order valence-corrected chi connectivity index (χ4v) is 8.50. The van der Waals surface area contributed by atoms with Gasteiger partial charge in [0.1, 0.15) is 0 Å². The number of fused-ring (bicyclic) bond motifs is 6. The van der Waals surface area contributed by atoms with E-state index in [-0.39, 0.29) is 10.8 Å². The summed E-state index contributed by atoms with van der Waals surface area (Å²) in [5.74, 6) is 0. The summed E-state index contributed by atoms with van der Waals surface area (Å²) in [7, 11) is 0. The van der Waals surface area contributed by atoms with Gasteiger partial charge in [0.05, 0.1) is 5.69 Å². The van der Waals surface area contributed by atoms with Crippen LogP contribution < -0.4 is 4.90 Å². The molecule has 0 aromatic heterocycles. The molecular formula is C46H35N. The largest absolute Gasteiger partial charge is 0.310 e. The number of para-hydroxylation sites is 1. The quantitative estimate of drug-likeness (QED) is 0.190.